The highest BCUT2D eigenvalue weighted by Crippen LogP contribution is 2.31. The van der Waals surface area contributed by atoms with E-state index in [-0.39, 0.29) is 6.42 Å². The predicted octanol–water partition coefficient (Wildman–Crippen LogP) is 3.51. The standard InChI is InChI=1S/C18H18ClF3N6/c19-12-2-1-11(14(20)7-12)3-5-28-6-4-15(18(21,22)9-28)26-16-13-8-25-27-17(13)24-10-23-16/h1-2,7-8,10,15H,3-6,9H2,(H2,23,24,25,26,27)/t15-/m1/s1. The van der Waals surface area contributed by atoms with E-state index in [1.54, 1.807) is 17.0 Å². The lowest BCUT2D eigenvalue weighted by Crippen LogP contribution is -2.54. The molecule has 0 radical (unpaired) electrons. The maximum Gasteiger partial charge on any atom is 0.280 e. The Morgan fingerprint density at radius 3 is 2.96 bits per heavy atom. The van der Waals surface area contributed by atoms with Gasteiger partial charge < -0.3 is 5.32 Å². The molecule has 2 N–H and O–H groups in total. The molecule has 1 saturated heterocycles. The molecule has 0 spiro atoms. The van der Waals surface area contributed by atoms with Gasteiger partial charge in [-0.05, 0) is 30.5 Å². The van der Waals surface area contributed by atoms with E-state index < -0.39 is 24.3 Å². The third kappa shape index (κ3) is 3.90. The van der Waals surface area contributed by atoms with Crippen LogP contribution in [0, 0.1) is 5.82 Å². The molecule has 6 nitrogen and oxygen atoms in total. The Balaban J connectivity index is 1.39. The minimum absolute atomic E-state index is 0.236. The third-order valence-electron chi connectivity index (χ3n) is 4.95. The number of fused-ring (bicyclic) bond motifs is 1. The quantitative estimate of drug-likeness (QED) is 0.673. The molecule has 1 aliphatic rings. The van der Waals surface area contributed by atoms with Crippen molar-refractivity contribution < 1.29 is 13.2 Å². The monoisotopic (exact) mass is 410 g/mol. The highest BCUT2D eigenvalue weighted by Gasteiger charge is 2.44. The highest BCUT2D eigenvalue weighted by atomic mass is 35.5. The number of halogens is 4. The van der Waals surface area contributed by atoms with Crippen molar-refractivity contribution in [3.8, 4) is 0 Å². The average Bonchev–Trinajstić information content (AvgIpc) is 3.12. The molecular weight excluding hydrogens is 393 g/mol. The van der Waals surface area contributed by atoms with Crippen molar-refractivity contribution in [2.24, 2.45) is 0 Å². The number of anilines is 1. The largest absolute Gasteiger partial charge is 0.360 e. The lowest BCUT2D eigenvalue weighted by molar-refractivity contribution is -0.0734. The molecule has 0 aliphatic carbocycles. The summed E-state index contributed by atoms with van der Waals surface area (Å²) in [6.45, 7) is 0.419. The van der Waals surface area contributed by atoms with Crippen LogP contribution in [-0.4, -0.2) is 56.7 Å². The number of likely N-dealkylation sites (tertiary alicyclic amines) is 1. The summed E-state index contributed by atoms with van der Waals surface area (Å²) in [6, 6.07) is 3.38. The minimum Gasteiger partial charge on any atom is -0.360 e. The molecule has 10 heteroatoms. The second-order valence-electron chi connectivity index (χ2n) is 6.86. The van der Waals surface area contributed by atoms with Crippen molar-refractivity contribution in [2.75, 3.05) is 25.0 Å². The van der Waals surface area contributed by atoms with Crippen LogP contribution in [0.4, 0.5) is 19.0 Å². The Morgan fingerprint density at radius 2 is 2.18 bits per heavy atom. The summed E-state index contributed by atoms with van der Waals surface area (Å²) in [5.74, 6) is -3.04. The number of hydrogen-bond acceptors (Lipinski definition) is 5. The SMILES string of the molecule is Fc1cc(Cl)ccc1CCN1CC[C@@H](Nc2ncnc3[nH]ncc23)C(F)(F)C1. The molecule has 0 unspecified atom stereocenters. The van der Waals surface area contributed by atoms with Gasteiger partial charge in [-0.15, -0.1) is 0 Å². The van der Waals surface area contributed by atoms with Gasteiger partial charge in [0.15, 0.2) is 5.65 Å². The number of nitrogens with one attached hydrogen (secondary N) is 2. The first kappa shape index (κ1) is 18.9. The topological polar surface area (TPSA) is 69.7 Å². The molecule has 1 aliphatic heterocycles. The molecule has 28 heavy (non-hydrogen) atoms. The van der Waals surface area contributed by atoms with Crippen LogP contribution >= 0.6 is 11.6 Å². The maximum atomic E-state index is 14.7. The summed E-state index contributed by atoms with van der Waals surface area (Å²) in [6.07, 6.45) is 3.39. The van der Waals surface area contributed by atoms with Gasteiger partial charge in [-0.3, -0.25) is 10.00 Å². The molecule has 3 aromatic rings. The summed E-state index contributed by atoms with van der Waals surface area (Å²) in [7, 11) is 0. The fraction of sp³-hybridized carbons (Fsp3) is 0.389. The first-order valence-corrected chi connectivity index (χ1v) is 9.25. The molecule has 4 rings (SSSR count). The summed E-state index contributed by atoms with van der Waals surface area (Å²) < 4.78 is 43.3. The van der Waals surface area contributed by atoms with Crippen molar-refractivity contribution in [1.29, 1.82) is 0 Å². The van der Waals surface area contributed by atoms with Gasteiger partial charge >= 0.3 is 0 Å². The summed E-state index contributed by atoms with van der Waals surface area (Å²) >= 11 is 5.74. The van der Waals surface area contributed by atoms with E-state index in [4.69, 9.17) is 11.6 Å². The zero-order chi connectivity index (χ0) is 19.7. The van der Waals surface area contributed by atoms with Crippen molar-refractivity contribution in [1.82, 2.24) is 25.1 Å². The number of piperidine rings is 1. The van der Waals surface area contributed by atoms with E-state index in [0.29, 0.717) is 46.9 Å². The smallest absolute Gasteiger partial charge is 0.280 e. The van der Waals surface area contributed by atoms with E-state index in [1.807, 2.05) is 0 Å². The van der Waals surface area contributed by atoms with Gasteiger partial charge in [-0.1, -0.05) is 17.7 Å². The first-order chi connectivity index (χ1) is 13.4. The van der Waals surface area contributed by atoms with Gasteiger partial charge in [0.25, 0.3) is 5.92 Å². The zero-order valence-corrected chi connectivity index (χ0v) is 15.6. The van der Waals surface area contributed by atoms with Crippen LogP contribution in [0.15, 0.2) is 30.7 Å². The number of benzene rings is 1. The van der Waals surface area contributed by atoms with Crippen LogP contribution in [0.1, 0.15) is 12.0 Å². The number of aromatic amines is 1. The Hall–Kier alpha value is -2.39. The van der Waals surface area contributed by atoms with Gasteiger partial charge in [-0.2, -0.15) is 5.10 Å². The molecule has 0 saturated carbocycles. The molecule has 2 aromatic heterocycles. The average molecular weight is 411 g/mol. The number of rotatable bonds is 5. The van der Waals surface area contributed by atoms with Gasteiger partial charge in [0.1, 0.15) is 18.0 Å². The number of alkyl halides is 2. The predicted molar refractivity (Wildman–Crippen MR) is 100 cm³/mol. The molecule has 0 bridgehead atoms. The van der Waals surface area contributed by atoms with Gasteiger partial charge in [0.2, 0.25) is 0 Å². The zero-order valence-electron chi connectivity index (χ0n) is 14.8. The molecule has 1 aromatic carbocycles. The van der Waals surface area contributed by atoms with Crippen molar-refractivity contribution in [3.63, 3.8) is 0 Å². The molecule has 148 valence electrons. The second-order valence-corrected chi connectivity index (χ2v) is 7.30. The van der Waals surface area contributed by atoms with E-state index in [0.717, 1.165) is 0 Å². The van der Waals surface area contributed by atoms with Crippen molar-refractivity contribution in [2.45, 2.75) is 24.8 Å². The number of H-pyrrole nitrogens is 1. The van der Waals surface area contributed by atoms with Crippen LogP contribution in [0.3, 0.4) is 0 Å². The Morgan fingerprint density at radius 1 is 1.32 bits per heavy atom. The van der Waals surface area contributed by atoms with E-state index in [9.17, 15) is 13.2 Å². The van der Waals surface area contributed by atoms with Crippen LogP contribution in [0.5, 0.6) is 0 Å². The summed E-state index contributed by atoms with van der Waals surface area (Å²) in [5.41, 5.74) is 0.958. The molecule has 1 atom stereocenters. The maximum absolute atomic E-state index is 14.7. The van der Waals surface area contributed by atoms with E-state index in [1.165, 1.54) is 18.6 Å². The highest BCUT2D eigenvalue weighted by molar-refractivity contribution is 6.30. The minimum atomic E-state index is -2.96. The third-order valence-corrected chi connectivity index (χ3v) is 5.18. The molecule has 0 amide bonds. The molecule has 3 heterocycles. The van der Waals surface area contributed by atoms with Crippen LogP contribution < -0.4 is 5.32 Å². The lowest BCUT2D eigenvalue weighted by atomic mass is 10.00. The molecular formula is C18H18ClF3N6. The summed E-state index contributed by atoms with van der Waals surface area (Å²) in [5, 5.41) is 10.3. The number of nitrogens with zero attached hydrogens (tertiary/aromatic N) is 4. The van der Waals surface area contributed by atoms with Crippen LogP contribution in [0.25, 0.3) is 11.0 Å². The van der Waals surface area contributed by atoms with Crippen LogP contribution in [-0.2, 0) is 6.42 Å². The van der Waals surface area contributed by atoms with E-state index in [2.05, 4.69) is 25.5 Å². The number of aromatic nitrogens is 4. The van der Waals surface area contributed by atoms with Gasteiger partial charge in [0, 0.05) is 18.1 Å². The fourth-order valence-corrected chi connectivity index (χ4v) is 3.59. The van der Waals surface area contributed by atoms with Gasteiger partial charge in [0.05, 0.1) is 24.2 Å². The lowest BCUT2D eigenvalue weighted by Gasteiger charge is -2.38. The van der Waals surface area contributed by atoms with Gasteiger partial charge in [-0.25, -0.2) is 23.1 Å². The number of hydrogen-bond donors (Lipinski definition) is 2. The normalized spacial score (nSPS) is 19.8. The Bertz CT molecular complexity index is 979. The van der Waals surface area contributed by atoms with E-state index >= 15 is 0 Å². The van der Waals surface area contributed by atoms with Crippen LogP contribution in [0.2, 0.25) is 5.02 Å². The second kappa shape index (κ2) is 7.56. The van der Waals surface area contributed by atoms with Crippen molar-refractivity contribution in [3.05, 3.63) is 47.1 Å². The first-order valence-electron chi connectivity index (χ1n) is 8.87. The Labute approximate surface area is 164 Å². The summed E-state index contributed by atoms with van der Waals surface area (Å²) in [4.78, 5) is 9.73. The van der Waals surface area contributed by atoms with Crippen molar-refractivity contribution >= 4 is 28.5 Å². The molecule has 1 fully saturated rings. The fourth-order valence-electron chi connectivity index (χ4n) is 3.43. The Kier molecular flexibility index (Phi) is 5.11.